The summed E-state index contributed by atoms with van der Waals surface area (Å²) in [6.07, 6.45) is -1.92. The molecule has 0 aliphatic heterocycles. The zero-order valence-corrected chi connectivity index (χ0v) is 6.79. The van der Waals surface area contributed by atoms with Crippen molar-refractivity contribution in [3.63, 3.8) is 0 Å². The molecule has 72 valence electrons. The van der Waals surface area contributed by atoms with Gasteiger partial charge in [-0.15, -0.1) is 0 Å². The highest BCUT2D eigenvalue weighted by molar-refractivity contribution is 5.63. The lowest BCUT2D eigenvalue weighted by molar-refractivity contribution is 0.141. The van der Waals surface area contributed by atoms with E-state index >= 15 is 0 Å². The van der Waals surface area contributed by atoms with E-state index in [-0.39, 0.29) is 17.2 Å². The summed E-state index contributed by atoms with van der Waals surface area (Å²) in [5, 5.41) is 9.03. The van der Waals surface area contributed by atoms with Crippen molar-refractivity contribution in [2.45, 2.75) is 6.43 Å². The SMILES string of the molecule is COc1c(C(F)F)ncc(O)c1N. The molecule has 6 heteroatoms. The monoisotopic (exact) mass is 190 g/mol. The second-order valence-electron chi connectivity index (χ2n) is 2.28. The maximum absolute atomic E-state index is 12.2. The molecule has 3 N–H and O–H groups in total. The van der Waals surface area contributed by atoms with Crippen LogP contribution in [-0.4, -0.2) is 17.2 Å². The van der Waals surface area contributed by atoms with Crippen LogP contribution in [0.3, 0.4) is 0 Å². The van der Waals surface area contributed by atoms with Crippen molar-refractivity contribution >= 4 is 5.69 Å². The van der Waals surface area contributed by atoms with Gasteiger partial charge in [-0.25, -0.2) is 13.8 Å². The average Bonchev–Trinajstić information content (AvgIpc) is 2.09. The smallest absolute Gasteiger partial charge is 0.284 e. The van der Waals surface area contributed by atoms with Crippen molar-refractivity contribution in [3.8, 4) is 11.5 Å². The fourth-order valence-electron chi connectivity index (χ4n) is 0.883. The molecule has 13 heavy (non-hydrogen) atoms. The van der Waals surface area contributed by atoms with E-state index in [1.165, 1.54) is 7.11 Å². The molecule has 0 unspecified atom stereocenters. The van der Waals surface area contributed by atoms with Gasteiger partial charge in [0.2, 0.25) is 0 Å². The molecule has 0 saturated heterocycles. The van der Waals surface area contributed by atoms with Crippen molar-refractivity contribution < 1.29 is 18.6 Å². The molecule has 1 rings (SSSR count). The first kappa shape index (κ1) is 9.50. The Balaban J connectivity index is 3.30. The third-order valence-corrected chi connectivity index (χ3v) is 1.49. The van der Waals surface area contributed by atoms with E-state index in [0.29, 0.717) is 0 Å². The number of alkyl halides is 2. The van der Waals surface area contributed by atoms with Crippen molar-refractivity contribution in [2.75, 3.05) is 12.8 Å². The summed E-state index contributed by atoms with van der Waals surface area (Å²) in [5.41, 5.74) is 4.48. The molecular weight excluding hydrogens is 182 g/mol. The zero-order valence-electron chi connectivity index (χ0n) is 6.79. The van der Waals surface area contributed by atoms with E-state index in [2.05, 4.69) is 9.72 Å². The summed E-state index contributed by atoms with van der Waals surface area (Å²) < 4.78 is 29.1. The van der Waals surface area contributed by atoms with E-state index in [1.54, 1.807) is 0 Å². The first-order valence-corrected chi connectivity index (χ1v) is 3.37. The second kappa shape index (κ2) is 3.42. The molecule has 0 amide bonds. The van der Waals surface area contributed by atoms with Crippen molar-refractivity contribution in [3.05, 3.63) is 11.9 Å². The quantitative estimate of drug-likeness (QED) is 0.737. The van der Waals surface area contributed by atoms with Gasteiger partial charge in [0.15, 0.2) is 17.2 Å². The van der Waals surface area contributed by atoms with E-state index in [4.69, 9.17) is 10.8 Å². The molecule has 0 atom stereocenters. The molecule has 0 radical (unpaired) electrons. The Morgan fingerprint density at radius 1 is 1.62 bits per heavy atom. The van der Waals surface area contributed by atoms with Crippen LogP contribution in [0.15, 0.2) is 6.20 Å². The third-order valence-electron chi connectivity index (χ3n) is 1.49. The summed E-state index contributed by atoms with van der Waals surface area (Å²) in [6, 6.07) is 0. The van der Waals surface area contributed by atoms with Gasteiger partial charge >= 0.3 is 0 Å². The molecule has 0 saturated carbocycles. The Bertz CT molecular complexity index is 318. The number of hydrogen-bond donors (Lipinski definition) is 2. The topological polar surface area (TPSA) is 68.4 Å². The van der Waals surface area contributed by atoms with E-state index in [1.807, 2.05) is 0 Å². The highest BCUT2D eigenvalue weighted by Crippen LogP contribution is 2.36. The Hall–Kier alpha value is -1.59. The number of pyridine rings is 1. The van der Waals surface area contributed by atoms with Crippen LogP contribution in [0.5, 0.6) is 11.5 Å². The molecule has 1 aromatic rings. The Morgan fingerprint density at radius 3 is 2.69 bits per heavy atom. The largest absolute Gasteiger partial charge is 0.504 e. The van der Waals surface area contributed by atoms with Crippen LogP contribution >= 0.6 is 0 Å². The van der Waals surface area contributed by atoms with E-state index < -0.39 is 12.1 Å². The summed E-state index contributed by atoms with van der Waals surface area (Å²) >= 11 is 0. The summed E-state index contributed by atoms with van der Waals surface area (Å²) in [4.78, 5) is 3.30. The lowest BCUT2D eigenvalue weighted by atomic mass is 10.3. The van der Waals surface area contributed by atoms with Crippen LogP contribution < -0.4 is 10.5 Å². The first-order chi connectivity index (χ1) is 6.07. The number of hydrogen-bond acceptors (Lipinski definition) is 4. The number of nitrogens with zero attached hydrogens (tertiary/aromatic N) is 1. The van der Waals surface area contributed by atoms with Crippen molar-refractivity contribution in [1.29, 1.82) is 0 Å². The predicted octanol–water partition coefficient (Wildman–Crippen LogP) is 1.32. The molecule has 1 heterocycles. The highest BCUT2D eigenvalue weighted by Gasteiger charge is 2.19. The number of rotatable bonds is 2. The van der Waals surface area contributed by atoms with Gasteiger partial charge in [-0.1, -0.05) is 0 Å². The number of anilines is 1. The molecule has 0 fully saturated rings. The molecule has 0 spiro atoms. The number of halogens is 2. The van der Waals surface area contributed by atoms with Gasteiger partial charge in [-0.05, 0) is 0 Å². The number of nitrogens with two attached hydrogens (primary N) is 1. The molecule has 0 aliphatic rings. The standard InChI is InChI=1S/C7H8F2N2O2/c1-13-6-4(10)3(12)2-11-5(6)7(8)9/h2,7,12H,1H3,(H2,10,11). The van der Waals surface area contributed by atoms with Gasteiger partial charge in [-0.3, -0.25) is 0 Å². The summed E-state index contributed by atoms with van der Waals surface area (Å²) in [6.45, 7) is 0. The number of methoxy groups -OCH3 is 1. The normalized spacial score (nSPS) is 10.5. The van der Waals surface area contributed by atoms with Gasteiger partial charge in [0.1, 0.15) is 5.69 Å². The lowest BCUT2D eigenvalue weighted by Gasteiger charge is -2.09. The number of aromatic hydroxyl groups is 1. The van der Waals surface area contributed by atoms with Crippen LogP contribution in [0.2, 0.25) is 0 Å². The second-order valence-corrected chi connectivity index (χ2v) is 2.28. The molecule has 0 bridgehead atoms. The van der Waals surface area contributed by atoms with Gasteiger partial charge in [0, 0.05) is 0 Å². The fraction of sp³-hybridized carbons (Fsp3) is 0.286. The van der Waals surface area contributed by atoms with Gasteiger partial charge in [0.25, 0.3) is 6.43 Å². The Morgan fingerprint density at radius 2 is 2.23 bits per heavy atom. The van der Waals surface area contributed by atoms with Gasteiger partial charge in [0.05, 0.1) is 13.3 Å². The average molecular weight is 190 g/mol. The zero-order chi connectivity index (χ0) is 10.0. The number of nitrogen functional groups attached to an aromatic ring is 1. The Kier molecular flexibility index (Phi) is 2.50. The van der Waals surface area contributed by atoms with Gasteiger partial charge < -0.3 is 15.6 Å². The third kappa shape index (κ3) is 1.61. The van der Waals surface area contributed by atoms with Crippen LogP contribution in [-0.2, 0) is 0 Å². The number of aromatic nitrogens is 1. The molecule has 0 aliphatic carbocycles. The van der Waals surface area contributed by atoms with Crippen LogP contribution in [0.4, 0.5) is 14.5 Å². The number of ether oxygens (including phenoxy) is 1. The Labute approximate surface area is 73.0 Å². The highest BCUT2D eigenvalue weighted by atomic mass is 19.3. The lowest BCUT2D eigenvalue weighted by Crippen LogP contribution is -2.00. The molecule has 4 nitrogen and oxygen atoms in total. The minimum atomic E-state index is -2.78. The first-order valence-electron chi connectivity index (χ1n) is 3.37. The summed E-state index contributed by atoms with van der Waals surface area (Å²) in [7, 11) is 1.18. The van der Waals surface area contributed by atoms with Crippen molar-refractivity contribution in [2.24, 2.45) is 0 Å². The van der Waals surface area contributed by atoms with Crippen LogP contribution in [0.25, 0.3) is 0 Å². The molecule has 0 aromatic carbocycles. The van der Waals surface area contributed by atoms with Crippen molar-refractivity contribution in [1.82, 2.24) is 4.98 Å². The molecular formula is C7H8F2N2O2. The van der Waals surface area contributed by atoms with Gasteiger partial charge in [-0.2, -0.15) is 0 Å². The maximum atomic E-state index is 12.2. The minimum absolute atomic E-state index is 0.229. The van der Waals surface area contributed by atoms with E-state index in [0.717, 1.165) is 6.20 Å². The summed E-state index contributed by atoms with van der Waals surface area (Å²) in [5.74, 6) is -0.656. The fourth-order valence-corrected chi connectivity index (χ4v) is 0.883. The minimum Gasteiger partial charge on any atom is -0.504 e. The van der Waals surface area contributed by atoms with Crippen LogP contribution in [0, 0.1) is 0 Å². The van der Waals surface area contributed by atoms with Crippen LogP contribution in [0.1, 0.15) is 12.1 Å². The van der Waals surface area contributed by atoms with E-state index in [9.17, 15) is 8.78 Å². The predicted molar refractivity (Wildman–Crippen MR) is 41.8 cm³/mol. The maximum Gasteiger partial charge on any atom is 0.284 e. The molecule has 1 aromatic heterocycles.